The number of H-pyrrole nitrogens is 1. The van der Waals surface area contributed by atoms with E-state index in [0.717, 1.165) is 11.3 Å². The van der Waals surface area contributed by atoms with Crippen LogP contribution in [0.3, 0.4) is 0 Å². The van der Waals surface area contributed by atoms with Crippen molar-refractivity contribution in [1.82, 2.24) is 19.9 Å². The summed E-state index contributed by atoms with van der Waals surface area (Å²) in [4.78, 5) is 27.5. The molecule has 0 saturated carbocycles. The molecular formula is C19H22N4O4. The molecule has 3 aromatic rings. The van der Waals surface area contributed by atoms with Crippen molar-refractivity contribution in [3.05, 3.63) is 57.6 Å². The molecule has 8 heteroatoms. The van der Waals surface area contributed by atoms with Gasteiger partial charge < -0.3 is 19.8 Å². The van der Waals surface area contributed by atoms with Crippen molar-refractivity contribution >= 4 is 11.6 Å². The zero-order chi connectivity index (χ0) is 19.6. The van der Waals surface area contributed by atoms with Gasteiger partial charge in [0.2, 0.25) is 0 Å². The third kappa shape index (κ3) is 3.79. The molecule has 0 unspecified atom stereocenters. The van der Waals surface area contributed by atoms with Gasteiger partial charge in [-0.3, -0.25) is 9.59 Å². The van der Waals surface area contributed by atoms with Crippen molar-refractivity contribution in [3.63, 3.8) is 0 Å². The number of aryl methyl sites for hydroxylation is 1. The molecule has 0 spiro atoms. The zero-order valence-electron chi connectivity index (χ0n) is 15.7. The van der Waals surface area contributed by atoms with Crippen LogP contribution in [0.4, 0.5) is 0 Å². The highest BCUT2D eigenvalue weighted by molar-refractivity contribution is 5.94. The van der Waals surface area contributed by atoms with E-state index in [9.17, 15) is 9.59 Å². The monoisotopic (exact) mass is 370 g/mol. The van der Waals surface area contributed by atoms with Crippen LogP contribution in [-0.2, 0) is 0 Å². The summed E-state index contributed by atoms with van der Waals surface area (Å²) >= 11 is 0. The first-order chi connectivity index (χ1) is 12.9. The van der Waals surface area contributed by atoms with Crippen LogP contribution in [0.1, 0.15) is 41.5 Å². The molecule has 0 radical (unpaired) electrons. The van der Waals surface area contributed by atoms with Crippen LogP contribution < -0.4 is 20.3 Å². The second kappa shape index (κ2) is 7.53. The first kappa shape index (κ1) is 18.5. The molecule has 0 aliphatic heterocycles. The number of carbonyl (C=O) groups is 1. The van der Waals surface area contributed by atoms with Crippen molar-refractivity contribution in [2.45, 2.75) is 26.8 Å². The summed E-state index contributed by atoms with van der Waals surface area (Å²) in [5, 5.41) is 7.05. The molecule has 2 aromatic heterocycles. The topological polar surface area (TPSA) is 97.7 Å². The Hall–Kier alpha value is -3.29. The Morgan fingerprint density at radius 1 is 1.33 bits per heavy atom. The lowest BCUT2D eigenvalue weighted by Crippen LogP contribution is -2.32. The van der Waals surface area contributed by atoms with Crippen LogP contribution >= 0.6 is 0 Å². The average Bonchev–Trinajstić information content (AvgIpc) is 3.00. The molecule has 0 saturated heterocycles. The summed E-state index contributed by atoms with van der Waals surface area (Å²) in [5.41, 5.74) is 1.65. The van der Waals surface area contributed by atoms with Crippen molar-refractivity contribution in [3.8, 4) is 11.5 Å². The van der Waals surface area contributed by atoms with Gasteiger partial charge in [-0.25, -0.2) is 4.52 Å². The Morgan fingerprint density at radius 3 is 2.81 bits per heavy atom. The summed E-state index contributed by atoms with van der Waals surface area (Å²) in [6.07, 6.45) is 1.43. The number of benzene rings is 1. The number of fused-ring (bicyclic) bond motifs is 1. The van der Waals surface area contributed by atoms with Gasteiger partial charge in [0.25, 0.3) is 11.5 Å². The number of hydrogen-bond donors (Lipinski definition) is 2. The van der Waals surface area contributed by atoms with Gasteiger partial charge in [0.1, 0.15) is 11.2 Å². The molecular weight excluding hydrogens is 348 g/mol. The van der Waals surface area contributed by atoms with Crippen LogP contribution in [-0.4, -0.2) is 34.2 Å². The van der Waals surface area contributed by atoms with Crippen LogP contribution in [0.2, 0.25) is 0 Å². The lowest BCUT2D eigenvalue weighted by atomic mass is 10.1. The fourth-order valence-electron chi connectivity index (χ4n) is 2.82. The molecule has 2 heterocycles. The number of aromatic nitrogens is 3. The number of amides is 1. The molecule has 1 amide bonds. The zero-order valence-corrected chi connectivity index (χ0v) is 15.7. The van der Waals surface area contributed by atoms with Crippen LogP contribution in [0, 0.1) is 6.92 Å². The second-order valence-electron chi connectivity index (χ2n) is 6.15. The van der Waals surface area contributed by atoms with Crippen LogP contribution in [0.5, 0.6) is 11.5 Å². The quantitative estimate of drug-likeness (QED) is 0.693. The number of nitrogens with zero attached hydrogens (tertiary/aromatic N) is 2. The lowest BCUT2D eigenvalue weighted by molar-refractivity contribution is 0.0937. The summed E-state index contributed by atoms with van der Waals surface area (Å²) in [5.74, 6) is 0.742. The van der Waals surface area contributed by atoms with Crippen molar-refractivity contribution in [2.24, 2.45) is 0 Å². The third-order valence-electron chi connectivity index (χ3n) is 4.18. The smallest absolute Gasteiger partial charge is 0.263 e. The number of hydrogen-bond acceptors (Lipinski definition) is 5. The fraction of sp³-hybridized carbons (Fsp3) is 0.316. The first-order valence-corrected chi connectivity index (χ1v) is 8.63. The van der Waals surface area contributed by atoms with Crippen LogP contribution in [0.15, 0.2) is 35.3 Å². The Kier molecular flexibility index (Phi) is 5.16. The number of carbonyl (C=O) groups excluding carboxylic acids is 1. The van der Waals surface area contributed by atoms with E-state index in [1.54, 1.807) is 25.3 Å². The number of aromatic amines is 1. The minimum absolute atomic E-state index is 0.00430. The minimum Gasteiger partial charge on any atom is -0.493 e. The minimum atomic E-state index is -0.480. The number of rotatable bonds is 6. The molecule has 2 N–H and O–H groups in total. The van der Waals surface area contributed by atoms with Gasteiger partial charge in [0, 0.05) is 12.3 Å². The predicted molar refractivity (Wildman–Crippen MR) is 101 cm³/mol. The van der Waals surface area contributed by atoms with Gasteiger partial charge in [0.05, 0.1) is 25.5 Å². The largest absolute Gasteiger partial charge is 0.493 e. The van der Waals surface area contributed by atoms with Gasteiger partial charge in [-0.2, -0.15) is 5.10 Å². The Morgan fingerprint density at radius 2 is 2.11 bits per heavy atom. The highest BCUT2D eigenvalue weighted by Gasteiger charge is 2.17. The van der Waals surface area contributed by atoms with E-state index < -0.39 is 11.5 Å². The maximum atomic E-state index is 12.6. The van der Waals surface area contributed by atoms with E-state index in [2.05, 4.69) is 15.4 Å². The average molecular weight is 370 g/mol. The lowest BCUT2D eigenvalue weighted by Gasteiger charge is -2.17. The Labute approximate surface area is 156 Å². The predicted octanol–water partition coefficient (Wildman–Crippen LogP) is 2.23. The van der Waals surface area contributed by atoms with Crippen molar-refractivity contribution < 1.29 is 14.3 Å². The SMILES string of the molecule is CCOc1ccc([C@@H](C)NC(=O)c2cn3nc(C)cc3[nH]c2=O)cc1OC. The summed E-state index contributed by atoms with van der Waals surface area (Å²) in [6.45, 7) is 6.07. The summed E-state index contributed by atoms with van der Waals surface area (Å²) in [6, 6.07) is 6.85. The summed E-state index contributed by atoms with van der Waals surface area (Å²) < 4.78 is 12.3. The van der Waals surface area contributed by atoms with Crippen molar-refractivity contribution in [1.29, 1.82) is 0 Å². The van der Waals surface area contributed by atoms with Crippen molar-refractivity contribution in [2.75, 3.05) is 13.7 Å². The highest BCUT2D eigenvalue weighted by atomic mass is 16.5. The number of methoxy groups -OCH3 is 1. The van der Waals surface area contributed by atoms with E-state index >= 15 is 0 Å². The summed E-state index contributed by atoms with van der Waals surface area (Å²) in [7, 11) is 1.56. The van der Waals surface area contributed by atoms with Gasteiger partial charge in [0.15, 0.2) is 11.5 Å². The van der Waals surface area contributed by atoms with Gasteiger partial charge in [-0.15, -0.1) is 0 Å². The van der Waals surface area contributed by atoms with E-state index in [4.69, 9.17) is 9.47 Å². The molecule has 3 rings (SSSR count). The maximum absolute atomic E-state index is 12.6. The number of ether oxygens (including phenoxy) is 2. The molecule has 1 atom stereocenters. The number of nitrogens with one attached hydrogen (secondary N) is 2. The normalized spacial score (nSPS) is 12.0. The van der Waals surface area contributed by atoms with E-state index in [0.29, 0.717) is 23.8 Å². The molecule has 0 aliphatic rings. The Balaban J connectivity index is 1.83. The molecule has 142 valence electrons. The van der Waals surface area contributed by atoms with Gasteiger partial charge in [-0.05, 0) is 38.5 Å². The first-order valence-electron chi connectivity index (χ1n) is 8.63. The standard InChI is InChI=1S/C19H22N4O4/c1-5-27-15-7-6-13(9-16(15)26-4)12(3)20-18(24)14-10-23-17(21-19(14)25)8-11(2)22-23/h6-10,12H,5H2,1-4H3,(H,20,24)(H,21,25)/t12-/m1/s1. The van der Waals surface area contributed by atoms with Crippen LogP contribution in [0.25, 0.3) is 5.65 Å². The maximum Gasteiger partial charge on any atom is 0.263 e. The second-order valence-corrected chi connectivity index (χ2v) is 6.15. The van der Waals surface area contributed by atoms with Gasteiger partial charge in [-0.1, -0.05) is 6.07 Å². The molecule has 8 nitrogen and oxygen atoms in total. The Bertz CT molecular complexity index is 1040. The van der Waals surface area contributed by atoms with E-state index in [-0.39, 0.29) is 11.6 Å². The molecule has 27 heavy (non-hydrogen) atoms. The van der Waals surface area contributed by atoms with E-state index in [1.165, 1.54) is 10.7 Å². The highest BCUT2D eigenvalue weighted by Crippen LogP contribution is 2.30. The third-order valence-corrected chi connectivity index (χ3v) is 4.18. The molecule has 0 aliphatic carbocycles. The van der Waals surface area contributed by atoms with Gasteiger partial charge >= 0.3 is 0 Å². The molecule has 1 aromatic carbocycles. The molecule has 0 fully saturated rings. The molecule has 0 bridgehead atoms. The van der Waals surface area contributed by atoms with E-state index in [1.807, 2.05) is 26.8 Å². The fourth-order valence-corrected chi connectivity index (χ4v) is 2.82.